The van der Waals surface area contributed by atoms with Crippen LogP contribution in [0.15, 0.2) is 42.5 Å². The molecular weight excluding hydrogens is 386 g/mol. The molecule has 0 saturated heterocycles. The number of carbonyl (C=O) groups excluding carboxylic acids is 1. The molecule has 1 heterocycles. The molecule has 0 radical (unpaired) electrons. The van der Waals surface area contributed by atoms with Gasteiger partial charge in [0.25, 0.3) is 0 Å². The average Bonchev–Trinajstić information content (AvgIpc) is 2.98. The van der Waals surface area contributed by atoms with Crippen molar-refractivity contribution in [3.63, 3.8) is 0 Å². The van der Waals surface area contributed by atoms with Gasteiger partial charge in [0.05, 0.1) is 12.5 Å². The van der Waals surface area contributed by atoms with Crippen LogP contribution in [0.25, 0.3) is 0 Å². The van der Waals surface area contributed by atoms with E-state index in [0.29, 0.717) is 19.6 Å². The van der Waals surface area contributed by atoms with Crippen LogP contribution in [0, 0.1) is 0 Å². The van der Waals surface area contributed by atoms with Crippen LogP contribution in [0.4, 0.5) is 0 Å². The van der Waals surface area contributed by atoms with Gasteiger partial charge in [-0.1, -0.05) is 35.9 Å². The zero-order valence-electron chi connectivity index (χ0n) is 17.5. The Kier molecular flexibility index (Phi) is 7.20. The summed E-state index contributed by atoms with van der Waals surface area (Å²) in [4.78, 5) is 12.2. The third kappa shape index (κ3) is 6.48. The van der Waals surface area contributed by atoms with Crippen LogP contribution < -0.4 is 10.1 Å². The molecule has 1 aliphatic heterocycles. The van der Waals surface area contributed by atoms with Crippen LogP contribution in [-0.2, 0) is 28.8 Å². The van der Waals surface area contributed by atoms with Crippen molar-refractivity contribution >= 4 is 17.5 Å². The first-order chi connectivity index (χ1) is 13.8. The van der Waals surface area contributed by atoms with Crippen molar-refractivity contribution in [2.75, 3.05) is 13.2 Å². The maximum Gasteiger partial charge on any atom is 0.224 e. The lowest BCUT2D eigenvalue weighted by Gasteiger charge is -2.24. The van der Waals surface area contributed by atoms with Gasteiger partial charge < -0.3 is 14.8 Å². The second-order valence-electron chi connectivity index (χ2n) is 8.27. The van der Waals surface area contributed by atoms with E-state index in [1.807, 2.05) is 50.2 Å². The van der Waals surface area contributed by atoms with Crippen LogP contribution in [0.1, 0.15) is 43.9 Å². The Hall–Kier alpha value is -2.04. The highest BCUT2D eigenvalue weighted by atomic mass is 35.5. The molecule has 3 rings (SSSR count). The van der Waals surface area contributed by atoms with Crippen molar-refractivity contribution in [3.05, 3.63) is 64.2 Å². The second-order valence-corrected chi connectivity index (χ2v) is 8.71. The summed E-state index contributed by atoms with van der Waals surface area (Å²) in [5.74, 6) is 0.953. The number of hydrogen-bond donors (Lipinski definition) is 1. The van der Waals surface area contributed by atoms with Crippen LogP contribution in [0.3, 0.4) is 0 Å². The number of ether oxygens (including phenoxy) is 2. The van der Waals surface area contributed by atoms with Gasteiger partial charge in [-0.15, -0.1) is 0 Å². The molecule has 1 atom stereocenters. The zero-order valence-corrected chi connectivity index (χ0v) is 18.2. The molecule has 2 aromatic carbocycles. The quantitative estimate of drug-likeness (QED) is 0.601. The van der Waals surface area contributed by atoms with Crippen LogP contribution >= 0.6 is 11.6 Å². The van der Waals surface area contributed by atoms with Gasteiger partial charge in [0.1, 0.15) is 11.4 Å². The summed E-state index contributed by atoms with van der Waals surface area (Å²) in [6.45, 7) is 7.46. The first-order valence-corrected chi connectivity index (χ1v) is 10.6. The van der Waals surface area contributed by atoms with Crippen molar-refractivity contribution in [2.45, 2.75) is 58.2 Å². The molecule has 0 aliphatic carbocycles. The number of fused-ring (bicyclic) bond motifs is 1. The maximum atomic E-state index is 12.2. The smallest absolute Gasteiger partial charge is 0.224 e. The second kappa shape index (κ2) is 9.64. The van der Waals surface area contributed by atoms with Gasteiger partial charge in [0.2, 0.25) is 5.91 Å². The molecule has 0 saturated carbocycles. The lowest BCUT2D eigenvalue weighted by Crippen LogP contribution is -2.32. The third-order valence-corrected chi connectivity index (χ3v) is 5.25. The van der Waals surface area contributed by atoms with Gasteiger partial charge in [-0.05, 0) is 62.1 Å². The van der Waals surface area contributed by atoms with Gasteiger partial charge in [-0.2, -0.15) is 0 Å². The largest absolute Gasteiger partial charge is 0.487 e. The van der Waals surface area contributed by atoms with E-state index in [4.69, 9.17) is 21.1 Å². The Labute approximate surface area is 178 Å². The highest BCUT2D eigenvalue weighted by Crippen LogP contribution is 2.37. The van der Waals surface area contributed by atoms with Gasteiger partial charge in [-0.3, -0.25) is 4.79 Å². The summed E-state index contributed by atoms with van der Waals surface area (Å²) in [5, 5.41) is 3.71. The minimum absolute atomic E-state index is 0.0392. The van der Waals surface area contributed by atoms with Crippen LogP contribution in [0.2, 0.25) is 5.02 Å². The number of amides is 1. The first kappa shape index (κ1) is 21.7. The predicted molar refractivity (Wildman–Crippen MR) is 117 cm³/mol. The Balaban J connectivity index is 1.51. The molecule has 156 valence electrons. The van der Waals surface area contributed by atoms with Gasteiger partial charge in [0, 0.05) is 31.0 Å². The Bertz CT molecular complexity index is 835. The fourth-order valence-electron chi connectivity index (χ4n) is 3.68. The number of rotatable bonds is 9. The van der Waals surface area contributed by atoms with E-state index >= 15 is 0 Å². The van der Waals surface area contributed by atoms with E-state index in [0.717, 1.165) is 41.2 Å². The van der Waals surface area contributed by atoms with Gasteiger partial charge in [0.15, 0.2) is 0 Å². The average molecular weight is 416 g/mol. The molecule has 0 aromatic heterocycles. The Morgan fingerprint density at radius 3 is 2.66 bits per heavy atom. The molecular formula is C24H30ClNO3. The summed E-state index contributed by atoms with van der Waals surface area (Å²) >= 11 is 5.98. The summed E-state index contributed by atoms with van der Waals surface area (Å²) in [6, 6.07) is 14.0. The minimum atomic E-state index is -0.284. The molecule has 0 bridgehead atoms. The first-order valence-electron chi connectivity index (χ1n) is 10.3. The summed E-state index contributed by atoms with van der Waals surface area (Å²) < 4.78 is 11.7. The van der Waals surface area contributed by atoms with Crippen molar-refractivity contribution in [1.29, 1.82) is 0 Å². The fraction of sp³-hybridized carbons (Fsp3) is 0.458. The number of nitrogens with one attached hydrogen (secondary N) is 1. The van der Waals surface area contributed by atoms with Gasteiger partial charge >= 0.3 is 0 Å². The van der Waals surface area contributed by atoms with E-state index in [9.17, 15) is 4.79 Å². The van der Waals surface area contributed by atoms with Crippen molar-refractivity contribution in [3.8, 4) is 5.75 Å². The Morgan fingerprint density at radius 1 is 1.21 bits per heavy atom. The molecule has 1 unspecified atom stereocenters. The molecule has 1 aliphatic rings. The van der Waals surface area contributed by atoms with E-state index in [1.54, 1.807) is 0 Å². The van der Waals surface area contributed by atoms with Gasteiger partial charge in [-0.25, -0.2) is 0 Å². The number of hydrogen-bond acceptors (Lipinski definition) is 3. The molecule has 0 spiro atoms. The third-order valence-electron chi connectivity index (χ3n) is 5.00. The normalized spacial score (nSPS) is 17.8. The molecule has 2 aromatic rings. The van der Waals surface area contributed by atoms with Crippen molar-refractivity contribution < 1.29 is 14.3 Å². The number of carbonyl (C=O) groups is 1. The topological polar surface area (TPSA) is 47.6 Å². The summed E-state index contributed by atoms with van der Waals surface area (Å²) in [7, 11) is 0. The zero-order chi connectivity index (χ0) is 20.9. The highest BCUT2D eigenvalue weighted by Gasteiger charge is 2.35. The van der Waals surface area contributed by atoms with Crippen LogP contribution in [0.5, 0.6) is 5.75 Å². The van der Waals surface area contributed by atoms with E-state index in [1.165, 1.54) is 5.56 Å². The van der Waals surface area contributed by atoms with Crippen LogP contribution in [-0.4, -0.2) is 30.8 Å². The lowest BCUT2D eigenvalue weighted by molar-refractivity contribution is -0.120. The number of halogens is 1. The lowest BCUT2D eigenvalue weighted by atomic mass is 9.91. The summed E-state index contributed by atoms with van der Waals surface area (Å²) in [5.41, 5.74) is 3.09. The molecule has 4 nitrogen and oxygen atoms in total. The standard InChI is InChI=1S/C24H30ClNO3/c1-17(2)28-12-4-11-26-23(27)14-19-7-10-22-20(13-19)16-24(3,29-22)15-18-5-8-21(25)9-6-18/h5-10,13,17H,4,11-12,14-16H2,1-3H3,(H,26,27). The van der Waals surface area contributed by atoms with E-state index in [2.05, 4.69) is 18.3 Å². The minimum Gasteiger partial charge on any atom is -0.487 e. The van der Waals surface area contributed by atoms with E-state index < -0.39 is 0 Å². The summed E-state index contributed by atoms with van der Waals surface area (Å²) in [6.07, 6.45) is 3.07. The maximum absolute atomic E-state index is 12.2. The van der Waals surface area contributed by atoms with Crippen molar-refractivity contribution in [2.24, 2.45) is 0 Å². The molecule has 0 fully saturated rings. The highest BCUT2D eigenvalue weighted by molar-refractivity contribution is 6.30. The van der Waals surface area contributed by atoms with E-state index in [-0.39, 0.29) is 17.6 Å². The number of benzene rings is 2. The monoisotopic (exact) mass is 415 g/mol. The molecule has 1 N–H and O–H groups in total. The molecule has 1 amide bonds. The molecule has 29 heavy (non-hydrogen) atoms. The fourth-order valence-corrected chi connectivity index (χ4v) is 3.81. The molecule has 5 heteroatoms. The predicted octanol–water partition coefficient (Wildman–Crippen LogP) is 4.75. The Morgan fingerprint density at radius 2 is 1.93 bits per heavy atom. The SMILES string of the molecule is CC(C)OCCCNC(=O)Cc1ccc2c(c1)CC(C)(Cc1ccc(Cl)cc1)O2. The van der Waals surface area contributed by atoms with Crippen molar-refractivity contribution in [1.82, 2.24) is 5.32 Å².